The minimum atomic E-state index is 0.638. The van der Waals surface area contributed by atoms with E-state index < -0.39 is 0 Å². The van der Waals surface area contributed by atoms with Crippen LogP contribution >= 0.6 is 0 Å². The second-order valence-electron chi connectivity index (χ2n) is 4.25. The average molecular weight is 215 g/mol. The highest BCUT2D eigenvalue weighted by atomic mass is 15.2. The third-order valence-corrected chi connectivity index (χ3v) is 2.96. The fraction of sp³-hybridized carbons (Fsp3) is 0.538. The first-order valence-corrected chi connectivity index (χ1v) is 5.91. The largest absolute Gasteiger partial charge is 0.299 e. The van der Waals surface area contributed by atoms with E-state index in [1.165, 1.54) is 12.8 Å². The smallest absolute Gasteiger partial charge is 0.0635 e. The molecule has 0 saturated heterocycles. The summed E-state index contributed by atoms with van der Waals surface area (Å²) in [5, 5.41) is 8.61. The second-order valence-corrected chi connectivity index (χ2v) is 4.25. The molecule has 1 heterocycles. The van der Waals surface area contributed by atoms with Gasteiger partial charge in [-0.2, -0.15) is 5.26 Å². The van der Waals surface area contributed by atoms with Gasteiger partial charge in [0.1, 0.15) is 0 Å². The molecule has 3 nitrogen and oxygen atoms in total. The first kappa shape index (κ1) is 11.1. The molecule has 1 aromatic rings. The van der Waals surface area contributed by atoms with Crippen molar-refractivity contribution in [3.63, 3.8) is 0 Å². The Kier molecular flexibility index (Phi) is 3.90. The van der Waals surface area contributed by atoms with Crippen molar-refractivity contribution in [3.8, 4) is 6.07 Å². The van der Waals surface area contributed by atoms with Gasteiger partial charge in [-0.3, -0.25) is 9.88 Å². The van der Waals surface area contributed by atoms with E-state index in [4.69, 9.17) is 5.26 Å². The molecule has 0 N–H and O–H groups in total. The van der Waals surface area contributed by atoms with Crippen LogP contribution in [-0.4, -0.2) is 29.0 Å². The average Bonchev–Trinajstić information content (AvgIpc) is 3.15. The molecule has 16 heavy (non-hydrogen) atoms. The van der Waals surface area contributed by atoms with Gasteiger partial charge in [-0.25, -0.2) is 0 Å². The Morgan fingerprint density at radius 3 is 2.88 bits per heavy atom. The lowest BCUT2D eigenvalue weighted by atomic mass is 10.2. The maximum Gasteiger partial charge on any atom is 0.0635 e. The van der Waals surface area contributed by atoms with Gasteiger partial charge in [0.15, 0.2) is 0 Å². The highest BCUT2D eigenvalue weighted by Gasteiger charge is 2.28. The van der Waals surface area contributed by atoms with E-state index in [0.717, 1.165) is 31.2 Å². The van der Waals surface area contributed by atoms with Crippen LogP contribution in [-0.2, 0) is 6.42 Å². The standard InChI is InChI=1S/C13H17N3/c14-8-3-10-16(13-5-6-13)11-7-12-4-1-2-9-15-12/h1-2,4,9,13H,3,5-7,10-11H2. The zero-order chi connectivity index (χ0) is 11.2. The van der Waals surface area contributed by atoms with Crippen molar-refractivity contribution in [2.75, 3.05) is 13.1 Å². The molecule has 1 aromatic heterocycles. The fourth-order valence-corrected chi connectivity index (χ4v) is 1.91. The van der Waals surface area contributed by atoms with E-state index >= 15 is 0 Å². The Hall–Kier alpha value is -1.40. The van der Waals surface area contributed by atoms with Gasteiger partial charge in [-0.1, -0.05) is 6.07 Å². The lowest BCUT2D eigenvalue weighted by Gasteiger charge is -2.20. The second kappa shape index (κ2) is 5.62. The minimum Gasteiger partial charge on any atom is -0.299 e. The Labute approximate surface area is 96.7 Å². The van der Waals surface area contributed by atoms with Crippen molar-refractivity contribution < 1.29 is 0 Å². The van der Waals surface area contributed by atoms with E-state index in [1.54, 1.807) is 0 Å². The predicted octanol–water partition coefficient (Wildman–Crippen LogP) is 2.00. The number of rotatable bonds is 6. The SMILES string of the molecule is N#CCCN(CCc1ccccn1)C1CC1. The molecule has 3 heteroatoms. The highest BCUT2D eigenvalue weighted by molar-refractivity contribution is 5.04. The lowest BCUT2D eigenvalue weighted by Crippen LogP contribution is -2.29. The molecule has 0 atom stereocenters. The fourth-order valence-electron chi connectivity index (χ4n) is 1.91. The lowest BCUT2D eigenvalue weighted by molar-refractivity contribution is 0.272. The van der Waals surface area contributed by atoms with Crippen LogP contribution in [0.25, 0.3) is 0 Å². The number of nitriles is 1. The van der Waals surface area contributed by atoms with Crippen molar-refractivity contribution in [2.24, 2.45) is 0 Å². The molecule has 0 radical (unpaired) electrons. The van der Waals surface area contributed by atoms with E-state index in [1.807, 2.05) is 18.3 Å². The van der Waals surface area contributed by atoms with Crippen molar-refractivity contribution in [1.82, 2.24) is 9.88 Å². The molecule has 1 saturated carbocycles. The molecule has 0 aromatic carbocycles. The Bertz CT molecular complexity index is 351. The van der Waals surface area contributed by atoms with Crippen molar-refractivity contribution in [2.45, 2.75) is 31.7 Å². The molecular weight excluding hydrogens is 198 g/mol. The van der Waals surface area contributed by atoms with Gasteiger partial charge < -0.3 is 0 Å². The molecule has 0 aliphatic heterocycles. The molecule has 0 unspecified atom stereocenters. The van der Waals surface area contributed by atoms with Gasteiger partial charge in [-0.05, 0) is 25.0 Å². The number of aromatic nitrogens is 1. The van der Waals surface area contributed by atoms with Crippen LogP contribution < -0.4 is 0 Å². The predicted molar refractivity (Wildman–Crippen MR) is 62.8 cm³/mol. The molecule has 0 bridgehead atoms. The van der Waals surface area contributed by atoms with Crippen LogP contribution in [0.4, 0.5) is 0 Å². The molecule has 1 fully saturated rings. The monoisotopic (exact) mass is 215 g/mol. The Morgan fingerprint density at radius 1 is 1.38 bits per heavy atom. The summed E-state index contributed by atoms with van der Waals surface area (Å²) in [5.41, 5.74) is 1.14. The third kappa shape index (κ3) is 3.32. The summed E-state index contributed by atoms with van der Waals surface area (Å²) < 4.78 is 0. The van der Waals surface area contributed by atoms with Crippen LogP contribution in [0.2, 0.25) is 0 Å². The van der Waals surface area contributed by atoms with E-state index in [0.29, 0.717) is 6.42 Å². The van der Waals surface area contributed by atoms with E-state index in [2.05, 4.69) is 22.0 Å². The molecule has 0 amide bonds. The summed E-state index contributed by atoms with van der Waals surface area (Å²) in [6.45, 7) is 1.94. The highest BCUT2D eigenvalue weighted by Crippen LogP contribution is 2.26. The van der Waals surface area contributed by atoms with Gasteiger partial charge in [0.05, 0.1) is 6.07 Å². The van der Waals surface area contributed by atoms with Crippen LogP contribution in [0.5, 0.6) is 0 Å². The van der Waals surface area contributed by atoms with Crippen LogP contribution in [0.1, 0.15) is 25.0 Å². The molecule has 0 spiro atoms. The maximum atomic E-state index is 8.61. The van der Waals surface area contributed by atoms with E-state index in [9.17, 15) is 0 Å². The minimum absolute atomic E-state index is 0.638. The molecule has 2 rings (SSSR count). The first-order chi connectivity index (χ1) is 7.90. The molecule has 1 aliphatic rings. The van der Waals surface area contributed by atoms with Crippen molar-refractivity contribution in [3.05, 3.63) is 30.1 Å². The van der Waals surface area contributed by atoms with Gasteiger partial charge >= 0.3 is 0 Å². The Morgan fingerprint density at radius 2 is 2.25 bits per heavy atom. The third-order valence-electron chi connectivity index (χ3n) is 2.96. The molecule has 84 valence electrons. The summed E-state index contributed by atoms with van der Waals surface area (Å²) in [7, 11) is 0. The zero-order valence-corrected chi connectivity index (χ0v) is 9.47. The Balaban J connectivity index is 1.80. The molecule has 1 aliphatic carbocycles. The first-order valence-electron chi connectivity index (χ1n) is 5.91. The summed E-state index contributed by atoms with van der Waals surface area (Å²) in [5.74, 6) is 0. The van der Waals surface area contributed by atoms with Gasteiger partial charge in [0.2, 0.25) is 0 Å². The van der Waals surface area contributed by atoms with Crippen LogP contribution in [0.15, 0.2) is 24.4 Å². The van der Waals surface area contributed by atoms with Crippen LogP contribution in [0.3, 0.4) is 0 Å². The zero-order valence-electron chi connectivity index (χ0n) is 9.47. The molecular formula is C13H17N3. The summed E-state index contributed by atoms with van der Waals surface area (Å²) >= 11 is 0. The number of nitrogens with zero attached hydrogens (tertiary/aromatic N) is 3. The summed E-state index contributed by atoms with van der Waals surface area (Å²) in [6, 6.07) is 8.99. The number of hydrogen-bond donors (Lipinski definition) is 0. The van der Waals surface area contributed by atoms with Gasteiger partial charge in [-0.15, -0.1) is 0 Å². The quantitative estimate of drug-likeness (QED) is 0.728. The van der Waals surface area contributed by atoms with Gasteiger partial charge in [0.25, 0.3) is 0 Å². The maximum absolute atomic E-state index is 8.61. The topological polar surface area (TPSA) is 39.9 Å². The van der Waals surface area contributed by atoms with E-state index in [-0.39, 0.29) is 0 Å². The van der Waals surface area contributed by atoms with Crippen molar-refractivity contribution >= 4 is 0 Å². The number of hydrogen-bond acceptors (Lipinski definition) is 3. The summed E-state index contributed by atoms with van der Waals surface area (Å²) in [6.07, 6.45) is 6.06. The normalized spacial score (nSPS) is 15.0. The summed E-state index contributed by atoms with van der Waals surface area (Å²) in [4.78, 5) is 6.75. The van der Waals surface area contributed by atoms with Crippen molar-refractivity contribution in [1.29, 1.82) is 5.26 Å². The van der Waals surface area contributed by atoms with Gasteiger partial charge in [0, 0.05) is 43.9 Å². The van der Waals surface area contributed by atoms with Crippen LogP contribution in [0, 0.1) is 11.3 Å². The number of pyridine rings is 1.